The highest BCUT2D eigenvalue weighted by Gasteiger charge is 2.00. The van der Waals surface area contributed by atoms with Crippen LogP contribution in [-0.2, 0) is 9.53 Å². The fourth-order valence-electron chi connectivity index (χ4n) is 0.641. The van der Waals surface area contributed by atoms with Crippen molar-refractivity contribution < 1.29 is 9.53 Å². The molecular formula is C9H16O2. The minimum absolute atomic E-state index is 0.162. The van der Waals surface area contributed by atoms with Gasteiger partial charge in [-0.2, -0.15) is 0 Å². The van der Waals surface area contributed by atoms with E-state index in [1.165, 1.54) is 0 Å². The highest BCUT2D eigenvalue weighted by atomic mass is 16.5. The molecule has 0 radical (unpaired) electrons. The largest absolute Gasteiger partial charge is 0.374 e. The Bertz CT molecular complexity index is 138. The number of ketones is 1. The summed E-state index contributed by atoms with van der Waals surface area (Å²) in [5, 5.41) is 0. The molecule has 0 fully saturated rings. The summed E-state index contributed by atoms with van der Waals surface area (Å²) in [6.45, 7) is 8.38. The van der Waals surface area contributed by atoms with E-state index in [2.05, 4.69) is 6.58 Å². The van der Waals surface area contributed by atoms with E-state index in [0.29, 0.717) is 13.0 Å². The number of Topliss-reactive ketones (excluding diaryl/α,β-unsaturated/α-hetero) is 1. The first kappa shape index (κ1) is 10.4. The van der Waals surface area contributed by atoms with Crippen molar-refractivity contribution in [1.82, 2.24) is 0 Å². The van der Waals surface area contributed by atoms with Gasteiger partial charge in [-0.25, -0.2) is 0 Å². The summed E-state index contributed by atoms with van der Waals surface area (Å²) in [5.41, 5.74) is 1.05. The van der Waals surface area contributed by atoms with E-state index in [0.717, 1.165) is 12.0 Å². The van der Waals surface area contributed by atoms with Gasteiger partial charge in [-0.15, -0.1) is 6.58 Å². The van der Waals surface area contributed by atoms with Gasteiger partial charge in [0.2, 0.25) is 0 Å². The van der Waals surface area contributed by atoms with E-state index in [1.54, 1.807) is 0 Å². The summed E-state index contributed by atoms with van der Waals surface area (Å²) in [6, 6.07) is 0. The fraction of sp³-hybridized carbons (Fsp3) is 0.667. The highest BCUT2D eigenvalue weighted by molar-refractivity contribution is 5.79. The Hall–Kier alpha value is -0.630. The molecule has 0 bridgehead atoms. The Morgan fingerprint density at radius 3 is 2.55 bits per heavy atom. The van der Waals surface area contributed by atoms with Crippen LogP contribution >= 0.6 is 0 Å². The normalized spacial score (nSPS) is 9.64. The maximum atomic E-state index is 10.9. The molecule has 0 aromatic heterocycles. The van der Waals surface area contributed by atoms with Crippen molar-refractivity contribution in [3.63, 3.8) is 0 Å². The molecule has 0 aromatic carbocycles. The molecule has 0 unspecified atom stereocenters. The van der Waals surface area contributed by atoms with E-state index in [1.807, 2.05) is 13.8 Å². The van der Waals surface area contributed by atoms with Gasteiger partial charge in [0.25, 0.3) is 0 Å². The zero-order chi connectivity index (χ0) is 8.69. The van der Waals surface area contributed by atoms with Crippen molar-refractivity contribution in [2.75, 3.05) is 13.2 Å². The Balaban J connectivity index is 3.30. The molecule has 0 N–H and O–H groups in total. The molecule has 0 spiro atoms. The van der Waals surface area contributed by atoms with Crippen molar-refractivity contribution in [3.05, 3.63) is 12.2 Å². The number of carbonyl (C=O) groups is 1. The highest BCUT2D eigenvalue weighted by Crippen LogP contribution is 2.00. The second-order valence-corrected chi connectivity index (χ2v) is 2.63. The lowest BCUT2D eigenvalue weighted by atomic mass is 10.1. The smallest absolute Gasteiger partial charge is 0.158 e. The van der Waals surface area contributed by atoms with Crippen LogP contribution in [0.3, 0.4) is 0 Å². The second kappa shape index (κ2) is 6.10. The monoisotopic (exact) mass is 156 g/mol. The first-order valence-corrected chi connectivity index (χ1v) is 3.90. The maximum Gasteiger partial charge on any atom is 0.158 e. The SMILES string of the molecule is C=C(C)CCC(=O)COCC. The zero-order valence-corrected chi connectivity index (χ0v) is 7.35. The van der Waals surface area contributed by atoms with Crippen LogP contribution in [0.2, 0.25) is 0 Å². The first-order valence-electron chi connectivity index (χ1n) is 3.90. The van der Waals surface area contributed by atoms with Crippen molar-refractivity contribution in [2.24, 2.45) is 0 Å². The summed E-state index contributed by atoms with van der Waals surface area (Å²) >= 11 is 0. The minimum atomic E-state index is 0.162. The average Bonchev–Trinajstić information content (AvgIpc) is 1.97. The lowest BCUT2D eigenvalue weighted by Gasteiger charge is -1.99. The van der Waals surface area contributed by atoms with E-state index in [-0.39, 0.29) is 12.4 Å². The second-order valence-electron chi connectivity index (χ2n) is 2.63. The summed E-state index contributed by atoms with van der Waals surface area (Å²) in [7, 11) is 0. The van der Waals surface area contributed by atoms with Gasteiger partial charge < -0.3 is 4.74 Å². The van der Waals surface area contributed by atoms with Gasteiger partial charge in [0.05, 0.1) is 0 Å². The van der Waals surface area contributed by atoms with E-state index >= 15 is 0 Å². The van der Waals surface area contributed by atoms with Crippen molar-refractivity contribution in [3.8, 4) is 0 Å². The summed E-state index contributed by atoms with van der Waals surface area (Å²) in [5.74, 6) is 0.162. The van der Waals surface area contributed by atoms with E-state index in [4.69, 9.17) is 4.74 Å². The molecule has 0 saturated heterocycles. The molecule has 11 heavy (non-hydrogen) atoms. The van der Waals surface area contributed by atoms with Gasteiger partial charge in [-0.1, -0.05) is 5.57 Å². The van der Waals surface area contributed by atoms with Crippen LogP contribution in [0, 0.1) is 0 Å². The Kier molecular flexibility index (Phi) is 5.75. The third kappa shape index (κ3) is 7.26. The molecule has 0 amide bonds. The number of ether oxygens (including phenoxy) is 1. The molecule has 64 valence electrons. The zero-order valence-electron chi connectivity index (χ0n) is 7.35. The molecule has 0 saturated carbocycles. The molecular weight excluding hydrogens is 140 g/mol. The van der Waals surface area contributed by atoms with Gasteiger partial charge in [0, 0.05) is 13.0 Å². The minimum Gasteiger partial charge on any atom is -0.374 e. The fourth-order valence-corrected chi connectivity index (χ4v) is 0.641. The molecule has 0 rings (SSSR count). The lowest BCUT2D eigenvalue weighted by Crippen LogP contribution is -2.07. The third-order valence-electron chi connectivity index (χ3n) is 1.30. The quantitative estimate of drug-likeness (QED) is 0.549. The predicted molar refractivity (Wildman–Crippen MR) is 45.5 cm³/mol. The molecule has 0 atom stereocenters. The molecule has 2 nitrogen and oxygen atoms in total. The van der Waals surface area contributed by atoms with Gasteiger partial charge in [-0.3, -0.25) is 4.79 Å². The van der Waals surface area contributed by atoms with Crippen LogP contribution < -0.4 is 0 Å². The van der Waals surface area contributed by atoms with Crippen molar-refractivity contribution in [1.29, 1.82) is 0 Å². The maximum absolute atomic E-state index is 10.9. The standard InChI is InChI=1S/C9H16O2/c1-4-11-7-9(10)6-5-8(2)3/h2,4-7H2,1,3H3. The van der Waals surface area contributed by atoms with Crippen LogP contribution in [0.25, 0.3) is 0 Å². The van der Waals surface area contributed by atoms with Gasteiger partial charge >= 0.3 is 0 Å². The number of hydrogen-bond donors (Lipinski definition) is 0. The Morgan fingerprint density at radius 2 is 2.09 bits per heavy atom. The van der Waals surface area contributed by atoms with Crippen LogP contribution in [0.15, 0.2) is 12.2 Å². The number of hydrogen-bond acceptors (Lipinski definition) is 2. The van der Waals surface area contributed by atoms with Crippen molar-refractivity contribution in [2.45, 2.75) is 26.7 Å². The van der Waals surface area contributed by atoms with E-state index < -0.39 is 0 Å². The summed E-state index contributed by atoms with van der Waals surface area (Å²) in [6.07, 6.45) is 1.35. The third-order valence-corrected chi connectivity index (χ3v) is 1.30. The number of allylic oxidation sites excluding steroid dienone is 1. The number of rotatable bonds is 6. The topological polar surface area (TPSA) is 26.3 Å². The lowest BCUT2D eigenvalue weighted by molar-refractivity contribution is -0.123. The molecule has 0 aliphatic carbocycles. The molecule has 2 heteroatoms. The number of carbonyl (C=O) groups excluding carboxylic acids is 1. The van der Waals surface area contributed by atoms with Gasteiger partial charge in [-0.05, 0) is 20.3 Å². The Labute approximate surface area is 68.2 Å². The van der Waals surface area contributed by atoms with Crippen LogP contribution in [0.1, 0.15) is 26.7 Å². The first-order chi connectivity index (χ1) is 5.16. The molecule has 0 aliphatic heterocycles. The predicted octanol–water partition coefficient (Wildman–Crippen LogP) is 1.95. The molecule has 0 heterocycles. The summed E-state index contributed by atoms with van der Waals surface area (Å²) in [4.78, 5) is 10.9. The van der Waals surface area contributed by atoms with Crippen LogP contribution in [0.4, 0.5) is 0 Å². The van der Waals surface area contributed by atoms with Crippen LogP contribution in [-0.4, -0.2) is 19.0 Å². The summed E-state index contributed by atoms with van der Waals surface area (Å²) < 4.78 is 4.95. The molecule has 0 aliphatic rings. The van der Waals surface area contributed by atoms with E-state index in [9.17, 15) is 4.79 Å². The molecule has 0 aromatic rings. The average molecular weight is 156 g/mol. The Morgan fingerprint density at radius 1 is 1.45 bits per heavy atom. The van der Waals surface area contributed by atoms with Crippen LogP contribution in [0.5, 0.6) is 0 Å². The van der Waals surface area contributed by atoms with Crippen molar-refractivity contribution >= 4 is 5.78 Å². The van der Waals surface area contributed by atoms with Gasteiger partial charge in [0.15, 0.2) is 5.78 Å². The van der Waals surface area contributed by atoms with Gasteiger partial charge in [0.1, 0.15) is 6.61 Å².